The zero-order chi connectivity index (χ0) is 15.3. The van der Waals surface area contributed by atoms with Crippen LogP contribution in [-0.4, -0.2) is 24.0 Å². The summed E-state index contributed by atoms with van der Waals surface area (Å²) in [5.74, 6) is -1.33. The first-order valence-corrected chi connectivity index (χ1v) is 7.07. The predicted octanol–water partition coefficient (Wildman–Crippen LogP) is 3.29. The van der Waals surface area contributed by atoms with E-state index < -0.39 is 29.5 Å². The van der Waals surface area contributed by atoms with Crippen LogP contribution in [-0.2, 0) is 11.0 Å². The largest absolute Gasteiger partial charge is 0.419 e. The number of amides is 1. The summed E-state index contributed by atoms with van der Waals surface area (Å²) in [6.07, 6.45) is -2.56. The van der Waals surface area contributed by atoms with E-state index in [0.717, 1.165) is 6.07 Å². The van der Waals surface area contributed by atoms with Crippen LogP contribution in [0.3, 0.4) is 0 Å². The van der Waals surface area contributed by atoms with Crippen LogP contribution in [0.25, 0.3) is 0 Å². The van der Waals surface area contributed by atoms with Crippen LogP contribution >= 0.6 is 24.2 Å². The number of carbonyl (C=O) groups is 1. The molecule has 0 heterocycles. The molecule has 0 radical (unpaired) electrons. The Balaban J connectivity index is 0.00000400. The van der Waals surface area contributed by atoms with Crippen molar-refractivity contribution >= 4 is 35.8 Å². The number of thioether (sulfide) groups is 1. The van der Waals surface area contributed by atoms with E-state index in [4.69, 9.17) is 5.73 Å². The highest BCUT2D eigenvalue weighted by Gasteiger charge is 2.34. The fourth-order valence-corrected chi connectivity index (χ4v) is 1.92. The summed E-state index contributed by atoms with van der Waals surface area (Å²) >= 11 is 1.50. The van der Waals surface area contributed by atoms with Gasteiger partial charge in [0.05, 0.1) is 11.6 Å². The fourth-order valence-electron chi connectivity index (χ4n) is 1.43. The summed E-state index contributed by atoms with van der Waals surface area (Å²) in [6.45, 7) is 0. The monoisotopic (exact) mass is 346 g/mol. The molecule has 3 nitrogen and oxygen atoms in total. The lowest BCUT2D eigenvalue weighted by molar-refractivity contribution is -0.140. The molecule has 9 heteroatoms. The Labute approximate surface area is 130 Å². The van der Waals surface area contributed by atoms with Gasteiger partial charge in [0.2, 0.25) is 5.91 Å². The van der Waals surface area contributed by atoms with Gasteiger partial charge in [0.1, 0.15) is 5.82 Å². The SMILES string of the molecule is CSCC[C@H](N)C(=O)Nc1ccc(F)c(C(F)(F)F)c1.Cl. The molecule has 1 amide bonds. The minimum Gasteiger partial charge on any atom is -0.325 e. The number of benzene rings is 1. The van der Waals surface area contributed by atoms with E-state index in [1.807, 2.05) is 6.26 Å². The number of rotatable bonds is 5. The molecule has 0 aromatic heterocycles. The summed E-state index contributed by atoms with van der Waals surface area (Å²) < 4.78 is 50.6. The second-order valence-electron chi connectivity index (χ2n) is 4.07. The highest BCUT2D eigenvalue weighted by Crippen LogP contribution is 2.32. The summed E-state index contributed by atoms with van der Waals surface area (Å²) in [4.78, 5) is 11.6. The molecule has 0 spiro atoms. The van der Waals surface area contributed by atoms with E-state index in [1.54, 1.807) is 0 Å². The van der Waals surface area contributed by atoms with Crippen molar-refractivity contribution in [1.29, 1.82) is 0 Å². The molecule has 1 aromatic carbocycles. The molecule has 120 valence electrons. The number of carbonyl (C=O) groups excluding carboxylic acids is 1. The maximum atomic E-state index is 13.1. The second kappa shape index (κ2) is 8.45. The standard InChI is InChI=1S/C12H14F4N2OS.ClH/c1-20-5-4-10(17)11(19)18-7-2-3-9(13)8(6-7)12(14,15)16;/h2-3,6,10H,4-5,17H2,1H3,(H,18,19);1H/t10-;/m0./s1. The third kappa shape index (κ3) is 6.11. The molecule has 0 saturated heterocycles. The minimum atomic E-state index is -4.81. The molecule has 0 bridgehead atoms. The van der Waals surface area contributed by atoms with Gasteiger partial charge in [0.15, 0.2) is 0 Å². The number of alkyl halides is 3. The van der Waals surface area contributed by atoms with Gasteiger partial charge in [-0.05, 0) is 36.6 Å². The third-order valence-corrected chi connectivity index (χ3v) is 3.15. The van der Waals surface area contributed by atoms with Gasteiger partial charge in [-0.15, -0.1) is 12.4 Å². The number of nitrogens with one attached hydrogen (secondary N) is 1. The molecular formula is C12H15ClF4N2OS. The minimum absolute atomic E-state index is 0. The molecule has 0 aliphatic rings. The van der Waals surface area contributed by atoms with Crippen molar-refractivity contribution in [1.82, 2.24) is 0 Å². The van der Waals surface area contributed by atoms with Crippen LogP contribution in [0.4, 0.5) is 23.2 Å². The molecule has 1 atom stereocenters. The van der Waals surface area contributed by atoms with Gasteiger partial charge in [-0.3, -0.25) is 4.79 Å². The lowest BCUT2D eigenvalue weighted by Crippen LogP contribution is -2.36. The summed E-state index contributed by atoms with van der Waals surface area (Å²) in [6, 6.07) is 1.45. The van der Waals surface area contributed by atoms with Crippen molar-refractivity contribution in [2.75, 3.05) is 17.3 Å². The molecular weight excluding hydrogens is 332 g/mol. The summed E-state index contributed by atoms with van der Waals surface area (Å²) in [5.41, 5.74) is 4.02. The third-order valence-electron chi connectivity index (χ3n) is 2.51. The molecule has 0 saturated carbocycles. The lowest BCUT2D eigenvalue weighted by Gasteiger charge is -2.14. The quantitative estimate of drug-likeness (QED) is 0.804. The Morgan fingerprint density at radius 3 is 2.57 bits per heavy atom. The van der Waals surface area contributed by atoms with Crippen LogP contribution in [0.5, 0.6) is 0 Å². The lowest BCUT2D eigenvalue weighted by atomic mass is 10.1. The number of hydrogen-bond acceptors (Lipinski definition) is 3. The van der Waals surface area contributed by atoms with Crippen LogP contribution in [0.1, 0.15) is 12.0 Å². The Bertz CT molecular complexity index is 485. The Morgan fingerprint density at radius 2 is 2.05 bits per heavy atom. The highest BCUT2D eigenvalue weighted by atomic mass is 35.5. The second-order valence-corrected chi connectivity index (χ2v) is 5.06. The van der Waals surface area contributed by atoms with Crippen molar-refractivity contribution in [2.24, 2.45) is 5.73 Å². The van der Waals surface area contributed by atoms with Gasteiger partial charge in [-0.25, -0.2) is 4.39 Å². The molecule has 21 heavy (non-hydrogen) atoms. The van der Waals surface area contributed by atoms with E-state index in [1.165, 1.54) is 11.8 Å². The maximum Gasteiger partial charge on any atom is 0.419 e. The van der Waals surface area contributed by atoms with Crippen molar-refractivity contribution in [3.05, 3.63) is 29.6 Å². The number of hydrogen-bond donors (Lipinski definition) is 2. The average Bonchev–Trinajstić information content (AvgIpc) is 2.36. The van der Waals surface area contributed by atoms with Crippen LogP contribution in [0, 0.1) is 5.82 Å². The number of nitrogens with two attached hydrogens (primary N) is 1. The first-order valence-electron chi connectivity index (χ1n) is 5.68. The van der Waals surface area contributed by atoms with E-state index in [9.17, 15) is 22.4 Å². The maximum absolute atomic E-state index is 13.1. The number of halogens is 5. The molecule has 0 aliphatic heterocycles. The van der Waals surface area contributed by atoms with Gasteiger partial charge in [0.25, 0.3) is 0 Å². The first kappa shape index (κ1) is 20.0. The molecule has 1 aromatic rings. The molecule has 0 aliphatic carbocycles. The van der Waals surface area contributed by atoms with Crippen LogP contribution in [0.2, 0.25) is 0 Å². The molecule has 0 fully saturated rings. The zero-order valence-electron chi connectivity index (χ0n) is 11.0. The van der Waals surface area contributed by atoms with Crippen molar-refractivity contribution in [2.45, 2.75) is 18.6 Å². The fraction of sp³-hybridized carbons (Fsp3) is 0.417. The van der Waals surface area contributed by atoms with Crippen molar-refractivity contribution < 1.29 is 22.4 Å². The van der Waals surface area contributed by atoms with Crippen molar-refractivity contribution in [3.63, 3.8) is 0 Å². The number of anilines is 1. The smallest absolute Gasteiger partial charge is 0.325 e. The summed E-state index contributed by atoms with van der Waals surface area (Å²) in [5, 5.41) is 2.25. The van der Waals surface area contributed by atoms with E-state index >= 15 is 0 Å². The van der Waals surface area contributed by atoms with Gasteiger partial charge >= 0.3 is 6.18 Å². The van der Waals surface area contributed by atoms with E-state index in [2.05, 4.69) is 5.32 Å². The Hall–Kier alpha value is -0.990. The molecule has 3 N–H and O–H groups in total. The Kier molecular flexibility index (Phi) is 8.05. The average molecular weight is 347 g/mol. The van der Waals surface area contributed by atoms with Gasteiger partial charge in [-0.2, -0.15) is 24.9 Å². The van der Waals surface area contributed by atoms with E-state index in [-0.39, 0.29) is 18.1 Å². The Morgan fingerprint density at radius 1 is 1.43 bits per heavy atom. The van der Waals surface area contributed by atoms with Crippen molar-refractivity contribution in [3.8, 4) is 0 Å². The van der Waals surface area contributed by atoms with Gasteiger partial charge < -0.3 is 11.1 Å². The first-order chi connectivity index (χ1) is 9.25. The highest BCUT2D eigenvalue weighted by molar-refractivity contribution is 7.98. The van der Waals surface area contributed by atoms with Crippen LogP contribution < -0.4 is 11.1 Å². The molecule has 0 unspecified atom stereocenters. The molecule has 1 rings (SSSR count). The van der Waals surface area contributed by atoms with Crippen LogP contribution in [0.15, 0.2) is 18.2 Å². The van der Waals surface area contributed by atoms with E-state index in [0.29, 0.717) is 24.3 Å². The summed E-state index contributed by atoms with van der Waals surface area (Å²) in [7, 11) is 0. The van der Waals surface area contributed by atoms with Gasteiger partial charge in [-0.1, -0.05) is 0 Å². The topological polar surface area (TPSA) is 55.1 Å². The predicted molar refractivity (Wildman–Crippen MR) is 78.3 cm³/mol. The zero-order valence-corrected chi connectivity index (χ0v) is 12.7. The van der Waals surface area contributed by atoms with Gasteiger partial charge in [0, 0.05) is 5.69 Å². The normalized spacial score (nSPS) is 12.5.